The van der Waals surface area contributed by atoms with Crippen molar-refractivity contribution in [2.45, 2.75) is 13.8 Å². The first kappa shape index (κ1) is 11.1. The van der Waals surface area contributed by atoms with Gasteiger partial charge in [0.2, 0.25) is 0 Å². The van der Waals surface area contributed by atoms with Crippen LogP contribution in [0.1, 0.15) is 13.8 Å². The van der Waals surface area contributed by atoms with E-state index in [0.29, 0.717) is 0 Å². The van der Waals surface area contributed by atoms with Crippen molar-refractivity contribution >= 4 is 19.1 Å². The highest BCUT2D eigenvalue weighted by Gasteiger charge is 2.29. The summed E-state index contributed by atoms with van der Waals surface area (Å²) in [6.07, 6.45) is 2.29. The largest absolute Gasteiger partial charge is 0.445 e. The van der Waals surface area contributed by atoms with E-state index in [1.165, 1.54) is 13.0 Å². The van der Waals surface area contributed by atoms with Crippen molar-refractivity contribution in [3.05, 3.63) is 12.2 Å². The van der Waals surface area contributed by atoms with Crippen LogP contribution in [0.5, 0.6) is 0 Å². The van der Waals surface area contributed by atoms with Crippen molar-refractivity contribution in [3.8, 4) is 0 Å². The molecular formula is C6H9O5P. The van der Waals surface area contributed by atoms with Crippen LogP contribution in [0.15, 0.2) is 12.2 Å². The zero-order chi connectivity index (χ0) is 9.78. The van der Waals surface area contributed by atoms with Crippen molar-refractivity contribution < 1.29 is 23.6 Å². The van der Waals surface area contributed by atoms with Gasteiger partial charge < -0.3 is 9.42 Å². The molecule has 0 rings (SSSR count). The SMILES string of the molecule is CC=CC(=O)OP(=O)(O)C(C)=O. The molecule has 0 aromatic heterocycles. The highest BCUT2D eigenvalue weighted by atomic mass is 31.2. The van der Waals surface area contributed by atoms with Crippen LogP contribution in [0.4, 0.5) is 0 Å². The molecule has 0 bridgehead atoms. The molecule has 1 atom stereocenters. The van der Waals surface area contributed by atoms with Gasteiger partial charge in [-0.1, -0.05) is 6.08 Å². The third-order valence-corrected chi connectivity index (χ3v) is 2.14. The maximum absolute atomic E-state index is 10.7. The Morgan fingerprint density at radius 1 is 1.50 bits per heavy atom. The van der Waals surface area contributed by atoms with Crippen LogP contribution in [0.25, 0.3) is 0 Å². The standard InChI is InChI=1S/C6H9O5P/c1-3-4-6(8)11-12(9,10)5(2)7/h3-4H,1-2H3,(H,9,10). The van der Waals surface area contributed by atoms with Gasteiger partial charge in [-0.2, -0.15) is 0 Å². The quantitative estimate of drug-likeness (QED) is 0.529. The van der Waals surface area contributed by atoms with E-state index in [1.807, 2.05) is 0 Å². The molecule has 12 heavy (non-hydrogen) atoms. The highest BCUT2D eigenvalue weighted by molar-refractivity contribution is 7.71. The Hall–Kier alpha value is -0.930. The highest BCUT2D eigenvalue weighted by Crippen LogP contribution is 2.42. The van der Waals surface area contributed by atoms with Gasteiger partial charge >= 0.3 is 13.6 Å². The average Bonchev–Trinajstić information content (AvgIpc) is 1.85. The van der Waals surface area contributed by atoms with Crippen LogP contribution in [0, 0.1) is 0 Å². The van der Waals surface area contributed by atoms with Crippen molar-refractivity contribution in [3.63, 3.8) is 0 Å². The van der Waals surface area contributed by atoms with Gasteiger partial charge in [-0.05, 0) is 6.92 Å². The fraction of sp³-hybridized carbons (Fsp3) is 0.333. The zero-order valence-electron chi connectivity index (χ0n) is 6.68. The normalized spacial score (nSPS) is 15.6. The molecule has 0 fully saturated rings. The van der Waals surface area contributed by atoms with E-state index < -0.39 is 19.1 Å². The fourth-order valence-corrected chi connectivity index (χ4v) is 0.786. The number of hydrogen-bond donors (Lipinski definition) is 1. The van der Waals surface area contributed by atoms with Gasteiger partial charge in [0.15, 0.2) is 0 Å². The van der Waals surface area contributed by atoms with Gasteiger partial charge in [0.05, 0.1) is 0 Å². The number of carbonyl (C=O) groups excluding carboxylic acids is 2. The molecule has 0 aliphatic rings. The third-order valence-electron chi connectivity index (χ3n) is 0.914. The Labute approximate surface area is 69.6 Å². The lowest BCUT2D eigenvalue weighted by Gasteiger charge is -2.05. The van der Waals surface area contributed by atoms with Gasteiger partial charge in [-0.15, -0.1) is 0 Å². The topological polar surface area (TPSA) is 80.7 Å². The average molecular weight is 192 g/mol. The molecule has 6 heteroatoms. The van der Waals surface area contributed by atoms with Gasteiger partial charge in [0, 0.05) is 13.0 Å². The second-order valence-corrected chi connectivity index (χ2v) is 3.80. The van der Waals surface area contributed by atoms with E-state index >= 15 is 0 Å². The molecule has 0 spiro atoms. The van der Waals surface area contributed by atoms with Crippen molar-refractivity contribution in [2.75, 3.05) is 0 Å². The van der Waals surface area contributed by atoms with E-state index in [9.17, 15) is 14.2 Å². The maximum Gasteiger partial charge on any atom is 0.445 e. The molecule has 1 unspecified atom stereocenters. The summed E-state index contributed by atoms with van der Waals surface area (Å²) in [4.78, 5) is 29.7. The predicted octanol–water partition coefficient (Wildman–Crippen LogP) is 0.838. The summed E-state index contributed by atoms with van der Waals surface area (Å²) in [5.74, 6) is -1.00. The molecule has 0 radical (unpaired) electrons. The Morgan fingerprint density at radius 2 is 2.00 bits per heavy atom. The molecule has 0 aliphatic heterocycles. The molecule has 0 saturated carbocycles. The first-order chi connectivity index (χ1) is 5.40. The smallest absolute Gasteiger partial charge is 0.383 e. The minimum Gasteiger partial charge on any atom is -0.383 e. The van der Waals surface area contributed by atoms with Crippen LogP contribution >= 0.6 is 7.60 Å². The molecule has 68 valence electrons. The molecule has 5 nitrogen and oxygen atoms in total. The second-order valence-electron chi connectivity index (χ2n) is 1.95. The lowest BCUT2D eigenvalue weighted by Crippen LogP contribution is -2.03. The number of allylic oxidation sites excluding steroid dienone is 1. The van der Waals surface area contributed by atoms with Crippen molar-refractivity contribution in [1.29, 1.82) is 0 Å². The number of carbonyl (C=O) groups is 2. The summed E-state index contributed by atoms with van der Waals surface area (Å²) < 4.78 is 14.7. The first-order valence-electron chi connectivity index (χ1n) is 3.10. The Bertz CT molecular complexity index is 267. The third kappa shape index (κ3) is 3.46. The van der Waals surface area contributed by atoms with Crippen LogP contribution in [0.3, 0.4) is 0 Å². The van der Waals surface area contributed by atoms with Crippen molar-refractivity contribution in [2.24, 2.45) is 0 Å². The van der Waals surface area contributed by atoms with E-state index in [1.54, 1.807) is 0 Å². The summed E-state index contributed by atoms with van der Waals surface area (Å²) >= 11 is 0. The fourth-order valence-electron chi connectivity index (χ4n) is 0.353. The Balaban J connectivity index is 4.36. The van der Waals surface area contributed by atoms with Crippen LogP contribution in [-0.4, -0.2) is 16.4 Å². The molecule has 0 heterocycles. The lowest BCUT2D eigenvalue weighted by atomic mass is 10.5. The van der Waals surface area contributed by atoms with Crippen LogP contribution in [0.2, 0.25) is 0 Å². The predicted molar refractivity (Wildman–Crippen MR) is 41.4 cm³/mol. The van der Waals surface area contributed by atoms with E-state index in [2.05, 4.69) is 4.52 Å². The summed E-state index contributed by atoms with van der Waals surface area (Å²) in [5.41, 5.74) is -1.06. The van der Waals surface area contributed by atoms with Gasteiger partial charge in [-0.25, -0.2) is 9.36 Å². The van der Waals surface area contributed by atoms with Gasteiger partial charge in [0.25, 0.3) is 5.52 Å². The second kappa shape index (κ2) is 4.18. The zero-order valence-corrected chi connectivity index (χ0v) is 7.58. The summed E-state index contributed by atoms with van der Waals surface area (Å²) in [7, 11) is -4.39. The molecule has 0 amide bonds. The summed E-state index contributed by atoms with van der Waals surface area (Å²) in [6, 6.07) is 0. The van der Waals surface area contributed by atoms with E-state index in [0.717, 1.165) is 13.0 Å². The maximum atomic E-state index is 10.7. The summed E-state index contributed by atoms with van der Waals surface area (Å²) in [5, 5.41) is 0. The molecule has 0 aromatic carbocycles. The minimum atomic E-state index is -4.39. The van der Waals surface area contributed by atoms with Crippen molar-refractivity contribution in [1.82, 2.24) is 0 Å². The van der Waals surface area contributed by atoms with Crippen LogP contribution in [-0.2, 0) is 18.7 Å². The Kier molecular flexibility index (Phi) is 3.86. The lowest BCUT2D eigenvalue weighted by molar-refractivity contribution is -0.130. The number of hydrogen-bond acceptors (Lipinski definition) is 4. The van der Waals surface area contributed by atoms with Crippen LogP contribution < -0.4 is 0 Å². The molecule has 0 saturated heterocycles. The molecule has 1 N–H and O–H groups in total. The summed E-state index contributed by atoms with van der Waals surface area (Å²) in [6.45, 7) is 2.42. The molecular weight excluding hydrogens is 183 g/mol. The Morgan fingerprint density at radius 3 is 2.33 bits per heavy atom. The van der Waals surface area contributed by atoms with Gasteiger partial charge in [0.1, 0.15) is 0 Å². The number of rotatable bonds is 3. The van der Waals surface area contributed by atoms with E-state index in [-0.39, 0.29) is 0 Å². The van der Waals surface area contributed by atoms with Gasteiger partial charge in [-0.3, -0.25) is 4.79 Å². The first-order valence-corrected chi connectivity index (χ1v) is 4.68. The monoisotopic (exact) mass is 192 g/mol. The van der Waals surface area contributed by atoms with E-state index in [4.69, 9.17) is 4.89 Å². The molecule has 0 aliphatic carbocycles. The molecule has 0 aromatic rings. The minimum absolute atomic E-state index is 0.879.